The highest BCUT2D eigenvalue weighted by molar-refractivity contribution is 5.78. The molecule has 0 aromatic heterocycles. The lowest BCUT2D eigenvalue weighted by molar-refractivity contribution is -0.123. The smallest absolute Gasteiger partial charge is 0.234 e. The fourth-order valence-electron chi connectivity index (χ4n) is 2.89. The van der Waals surface area contributed by atoms with Gasteiger partial charge in [0.2, 0.25) is 5.91 Å². The Balaban J connectivity index is 1.83. The summed E-state index contributed by atoms with van der Waals surface area (Å²) in [5.74, 6) is 0.0236. The molecule has 0 spiro atoms. The average Bonchev–Trinajstić information content (AvgIpc) is 2.49. The van der Waals surface area contributed by atoms with Gasteiger partial charge in [0.15, 0.2) is 0 Å². The zero-order valence-corrected chi connectivity index (χ0v) is 13.4. The van der Waals surface area contributed by atoms with E-state index in [0.29, 0.717) is 19.7 Å². The summed E-state index contributed by atoms with van der Waals surface area (Å²) in [6.07, 6.45) is 1.26. The minimum atomic E-state index is -0.227. The molecule has 1 aliphatic heterocycles. The Hall–Kier alpha value is -1.43. The number of ether oxygens (including phenoxy) is 1. The zero-order chi connectivity index (χ0) is 15.9. The van der Waals surface area contributed by atoms with Crippen LogP contribution in [0.4, 0.5) is 0 Å². The van der Waals surface area contributed by atoms with Gasteiger partial charge in [-0.1, -0.05) is 24.3 Å². The molecule has 1 saturated heterocycles. The quantitative estimate of drug-likeness (QED) is 0.831. The van der Waals surface area contributed by atoms with Crippen LogP contribution in [0.2, 0.25) is 0 Å². The largest absolute Gasteiger partial charge is 0.393 e. The van der Waals surface area contributed by atoms with Gasteiger partial charge < -0.3 is 15.2 Å². The molecule has 0 bridgehead atoms. The third-order valence-electron chi connectivity index (χ3n) is 4.23. The summed E-state index contributed by atoms with van der Waals surface area (Å²) < 4.78 is 5.18. The van der Waals surface area contributed by atoms with E-state index in [9.17, 15) is 9.90 Å². The number of carbonyl (C=O) groups excluding carboxylic acids is 1. The minimum absolute atomic E-state index is 0.0236. The standard InChI is InChI=1S/C17H26N2O3/c1-13-9-16(20)7-8-19(13)11-17(21)18-10-14-5-3-4-6-15(14)12-22-2/h3-6,13,16,20H,7-12H2,1-2H3,(H,18,21)/t13-,16-/m1/s1. The summed E-state index contributed by atoms with van der Waals surface area (Å²) in [6, 6.07) is 8.21. The summed E-state index contributed by atoms with van der Waals surface area (Å²) in [5.41, 5.74) is 2.18. The van der Waals surface area contributed by atoms with Crippen molar-refractivity contribution in [2.75, 3.05) is 20.2 Å². The van der Waals surface area contributed by atoms with Crippen molar-refractivity contribution in [1.29, 1.82) is 0 Å². The van der Waals surface area contributed by atoms with Crippen LogP contribution in [0, 0.1) is 0 Å². The Kier molecular flexibility index (Phi) is 6.36. The lowest BCUT2D eigenvalue weighted by atomic mass is 10.0. The number of nitrogens with zero attached hydrogens (tertiary/aromatic N) is 1. The molecular formula is C17H26N2O3. The predicted octanol–water partition coefficient (Wildman–Crippen LogP) is 1.29. The van der Waals surface area contributed by atoms with Crippen LogP contribution in [0.25, 0.3) is 0 Å². The number of methoxy groups -OCH3 is 1. The molecule has 0 unspecified atom stereocenters. The van der Waals surface area contributed by atoms with Crippen molar-refractivity contribution >= 4 is 5.91 Å². The monoisotopic (exact) mass is 306 g/mol. The second-order valence-electron chi connectivity index (χ2n) is 5.98. The number of aliphatic hydroxyl groups is 1. The van der Waals surface area contributed by atoms with E-state index in [4.69, 9.17) is 4.74 Å². The number of benzene rings is 1. The topological polar surface area (TPSA) is 61.8 Å². The molecule has 0 saturated carbocycles. The summed E-state index contributed by atoms with van der Waals surface area (Å²) >= 11 is 0. The number of hydrogen-bond donors (Lipinski definition) is 2. The maximum absolute atomic E-state index is 12.1. The molecule has 2 N–H and O–H groups in total. The van der Waals surface area contributed by atoms with Crippen molar-refractivity contribution in [2.45, 2.75) is 45.1 Å². The minimum Gasteiger partial charge on any atom is -0.393 e. The van der Waals surface area contributed by atoms with Gasteiger partial charge in [0.05, 0.1) is 19.3 Å². The summed E-state index contributed by atoms with van der Waals surface area (Å²) in [5, 5.41) is 12.6. The number of hydrogen-bond acceptors (Lipinski definition) is 4. The Morgan fingerprint density at radius 1 is 1.41 bits per heavy atom. The van der Waals surface area contributed by atoms with Crippen LogP contribution in [0.15, 0.2) is 24.3 Å². The molecule has 1 amide bonds. The predicted molar refractivity (Wildman–Crippen MR) is 85.3 cm³/mol. The van der Waals surface area contributed by atoms with Gasteiger partial charge in [0.25, 0.3) is 0 Å². The van der Waals surface area contributed by atoms with Gasteiger partial charge in [-0.15, -0.1) is 0 Å². The number of amides is 1. The van der Waals surface area contributed by atoms with Gasteiger partial charge >= 0.3 is 0 Å². The first-order chi connectivity index (χ1) is 10.6. The molecule has 1 aromatic carbocycles. The summed E-state index contributed by atoms with van der Waals surface area (Å²) in [7, 11) is 1.67. The van der Waals surface area contributed by atoms with Crippen molar-refractivity contribution in [3.8, 4) is 0 Å². The fraction of sp³-hybridized carbons (Fsp3) is 0.588. The number of aliphatic hydroxyl groups excluding tert-OH is 1. The molecule has 122 valence electrons. The van der Waals surface area contributed by atoms with Gasteiger partial charge in [-0.25, -0.2) is 0 Å². The molecule has 1 aliphatic rings. The van der Waals surface area contributed by atoms with Crippen molar-refractivity contribution in [2.24, 2.45) is 0 Å². The Morgan fingerprint density at radius 3 is 2.82 bits per heavy atom. The van der Waals surface area contributed by atoms with Crippen molar-refractivity contribution in [3.63, 3.8) is 0 Å². The van der Waals surface area contributed by atoms with E-state index >= 15 is 0 Å². The molecular weight excluding hydrogens is 280 g/mol. The van der Waals surface area contributed by atoms with Gasteiger partial charge in [0, 0.05) is 26.2 Å². The molecule has 2 atom stereocenters. The van der Waals surface area contributed by atoms with Crippen LogP contribution in [0.3, 0.4) is 0 Å². The summed E-state index contributed by atoms with van der Waals surface area (Å²) in [6.45, 7) is 4.29. The van der Waals surface area contributed by atoms with E-state index < -0.39 is 0 Å². The molecule has 0 radical (unpaired) electrons. The van der Waals surface area contributed by atoms with Crippen molar-refractivity contribution in [3.05, 3.63) is 35.4 Å². The van der Waals surface area contributed by atoms with Crippen LogP contribution >= 0.6 is 0 Å². The number of piperidine rings is 1. The van der Waals surface area contributed by atoms with Gasteiger partial charge in [-0.05, 0) is 30.9 Å². The van der Waals surface area contributed by atoms with E-state index in [-0.39, 0.29) is 18.1 Å². The normalized spacial score (nSPS) is 22.5. The highest BCUT2D eigenvalue weighted by Gasteiger charge is 2.25. The number of rotatable bonds is 6. The summed E-state index contributed by atoms with van der Waals surface area (Å²) in [4.78, 5) is 14.3. The second kappa shape index (κ2) is 8.27. The lowest BCUT2D eigenvalue weighted by Crippen LogP contribution is -2.47. The van der Waals surface area contributed by atoms with Gasteiger partial charge in [0.1, 0.15) is 0 Å². The molecule has 5 nitrogen and oxygen atoms in total. The molecule has 0 aliphatic carbocycles. The fourth-order valence-corrected chi connectivity index (χ4v) is 2.89. The molecule has 5 heteroatoms. The van der Waals surface area contributed by atoms with Crippen LogP contribution in [0.5, 0.6) is 0 Å². The molecule has 2 rings (SSSR count). The number of likely N-dealkylation sites (tertiary alicyclic amines) is 1. The van der Waals surface area contributed by atoms with E-state index in [1.807, 2.05) is 24.3 Å². The third kappa shape index (κ3) is 4.80. The van der Waals surface area contributed by atoms with E-state index in [1.165, 1.54) is 0 Å². The molecule has 1 aromatic rings. The van der Waals surface area contributed by atoms with Crippen LogP contribution in [-0.4, -0.2) is 48.3 Å². The third-order valence-corrected chi connectivity index (χ3v) is 4.23. The van der Waals surface area contributed by atoms with Gasteiger partial charge in [-0.2, -0.15) is 0 Å². The highest BCUT2D eigenvalue weighted by Crippen LogP contribution is 2.16. The van der Waals surface area contributed by atoms with Crippen LogP contribution in [0.1, 0.15) is 30.9 Å². The SMILES string of the molecule is COCc1ccccc1CNC(=O)CN1CC[C@@H](O)C[C@H]1C. The van der Waals surface area contributed by atoms with Crippen molar-refractivity contribution in [1.82, 2.24) is 10.2 Å². The maximum atomic E-state index is 12.1. The van der Waals surface area contributed by atoms with E-state index in [0.717, 1.165) is 30.5 Å². The van der Waals surface area contributed by atoms with E-state index in [2.05, 4.69) is 17.1 Å². The Bertz CT molecular complexity index is 493. The Labute approximate surface area is 132 Å². The first kappa shape index (κ1) is 16.9. The molecule has 1 fully saturated rings. The van der Waals surface area contributed by atoms with Gasteiger partial charge in [-0.3, -0.25) is 9.69 Å². The number of nitrogens with one attached hydrogen (secondary N) is 1. The molecule has 1 heterocycles. The zero-order valence-electron chi connectivity index (χ0n) is 13.4. The van der Waals surface area contributed by atoms with Crippen LogP contribution in [-0.2, 0) is 22.7 Å². The van der Waals surface area contributed by atoms with Crippen LogP contribution < -0.4 is 5.32 Å². The Morgan fingerprint density at radius 2 is 2.14 bits per heavy atom. The lowest BCUT2D eigenvalue weighted by Gasteiger charge is -2.35. The first-order valence-corrected chi connectivity index (χ1v) is 7.84. The average molecular weight is 306 g/mol. The molecule has 22 heavy (non-hydrogen) atoms. The highest BCUT2D eigenvalue weighted by atomic mass is 16.5. The first-order valence-electron chi connectivity index (χ1n) is 7.84. The maximum Gasteiger partial charge on any atom is 0.234 e. The second-order valence-corrected chi connectivity index (χ2v) is 5.98. The van der Waals surface area contributed by atoms with E-state index in [1.54, 1.807) is 7.11 Å². The number of carbonyl (C=O) groups is 1. The van der Waals surface area contributed by atoms with Crippen molar-refractivity contribution < 1.29 is 14.6 Å².